The van der Waals surface area contributed by atoms with E-state index in [1.54, 1.807) is 6.20 Å². The Balaban J connectivity index is 2.63. The van der Waals surface area contributed by atoms with Gasteiger partial charge in [-0.2, -0.15) is 0 Å². The van der Waals surface area contributed by atoms with E-state index in [0.29, 0.717) is 18.5 Å². The quantitative estimate of drug-likeness (QED) is 0.717. The lowest BCUT2D eigenvalue weighted by Gasteiger charge is -2.12. The fourth-order valence-electron chi connectivity index (χ4n) is 1.11. The summed E-state index contributed by atoms with van der Waals surface area (Å²) in [6.07, 6.45) is 2.22. The molecule has 0 unspecified atom stereocenters. The molecule has 0 fully saturated rings. The number of benzene rings is 1. The molecule has 0 heterocycles. The molecule has 0 bridgehead atoms. The van der Waals surface area contributed by atoms with Gasteiger partial charge in [-0.25, -0.2) is 8.78 Å². The Morgan fingerprint density at radius 1 is 1.43 bits per heavy atom. The van der Waals surface area contributed by atoms with Gasteiger partial charge in [-0.3, -0.25) is 0 Å². The van der Waals surface area contributed by atoms with Crippen molar-refractivity contribution >= 4 is 0 Å². The normalized spacial score (nSPS) is 9.93. The lowest BCUT2D eigenvalue weighted by atomic mass is 10.1. The van der Waals surface area contributed by atoms with Gasteiger partial charge in [-0.1, -0.05) is 12.6 Å². The molecule has 0 aliphatic rings. The van der Waals surface area contributed by atoms with Crippen LogP contribution in [0.5, 0.6) is 0 Å². The summed E-state index contributed by atoms with van der Waals surface area (Å²) < 4.78 is 25.7. The summed E-state index contributed by atoms with van der Waals surface area (Å²) in [6, 6.07) is 3.65. The predicted octanol–water partition coefficient (Wildman–Crippen LogP) is 2.58. The van der Waals surface area contributed by atoms with E-state index in [0.717, 1.165) is 6.07 Å². The lowest BCUT2D eigenvalue weighted by Crippen LogP contribution is -2.14. The number of likely N-dealkylation sites (N-methyl/N-ethyl adjacent to an activating group) is 1. The standard InChI is InChI=1S/C11H13F2N/c1-3-14(2)7-6-9-4-5-10(12)8-11(9)13/h3-5,8H,1,6-7H2,2H3. The summed E-state index contributed by atoms with van der Waals surface area (Å²) in [5.74, 6) is -1.02. The third kappa shape index (κ3) is 2.83. The summed E-state index contributed by atoms with van der Waals surface area (Å²) in [5, 5.41) is 0. The molecule has 1 nitrogen and oxygen atoms in total. The molecule has 76 valence electrons. The highest BCUT2D eigenvalue weighted by molar-refractivity contribution is 5.18. The van der Waals surface area contributed by atoms with E-state index in [1.807, 2.05) is 11.9 Å². The smallest absolute Gasteiger partial charge is 0.129 e. The van der Waals surface area contributed by atoms with Crippen LogP contribution in [0.2, 0.25) is 0 Å². The summed E-state index contributed by atoms with van der Waals surface area (Å²) in [4.78, 5) is 1.85. The minimum atomic E-state index is -0.539. The molecule has 0 N–H and O–H groups in total. The molecule has 1 aromatic rings. The topological polar surface area (TPSA) is 3.24 Å². The van der Waals surface area contributed by atoms with Crippen LogP contribution in [0.1, 0.15) is 5.56 Å². The van der Waals surface area contributed by atoms with Gasteiger partial charge >= 0.3 is 0 Å². The maximum absolute atomic E-state index is 13.1. The van der Waals surface area contributed by atoms with Crippen LogP contribution < -0.4 is 0 Å². The summed E-state index contributed by atoms with van der Waals surface area (Å²) in [7, 11) is 1.86. The van der Waals surface area contributed by atoms with Crippen molar-refractivity contribution < 1.29 is 8.78 Å². The molecular weight excluding hydrogens is 184 g/mol. The average molecular weight is 197 g/mol. The van der Waals surface area contributed by atoms with Crippen LogP contribution in [0, 0.1) is 11.6 Å². The second kappa shape index (κ2) is 4.74. The molecule has 0 aliphatic carbocycles. The fraction of sp³-hybridized carbons (Fsp3) is 0.273. The van der Waals surface area contributed by atoms with Crippen LogP contribution in [0.4, 0.5) is 8.78 Å². The molecule has 0 aliphatic heterocycles. The van der Waals surface area contributed by atoms with Crippen LogP contribution in [0.25, 0.3) is 0 Å². The van der Waals surface area contributed by atoms with Gasteiger partial charge in [0.15, 0.2) is 0 Å². The summed E-state index contributed by atoms with van der Waals surface area (Å²) in [6.45, 7) is 4.25. The third-order valence-corrected chi connectivity index (χ3v) is 2.06. The molecule has 0 saturated carbocycles. The van der Waals surface area contributed by atoms with Crippen LogP contribution in [-0.2, 0) is 6.42 Å². The molecule has 0 spiro atoms. The number of rotatable bonds is 4. The first-order valence-electron chi connectivity index (χ1n) is 4.40. The Morgan fingerprint density at radius 2 is 2.14 bits per heavy atom. The summed E-state index contributed by atoms with van der Waals surface area (Å²) >= 11 is 0. The summed E-state index contributed by atoms with van der Waals surface area (Å²) in [5.41, 5.74) is 0.528. The van der Waals surface area contributed by atoms with Crippen molar-refractivity contribution in [3.05, 3.63) is 48.2 Å². The zero-order chi connectivity index (χ0) is 10.6. The molecular formula is C11H13F2N. The molecule has 0 saturated heterocycles. The van der Waals surface area contributed by atoms with Gasteiger partial charge in [-0.05, 0) is 24.3 Å². The van der Waals surface area contributed by atoms with Gasteiger partial charge in [0.25, 0.3) is 0 Å². The predicted molar refractivity (Wildman–Crippen MR) is 52.9 cm³/mol. The first-order chi connectivity index (χ1) is 6.63. The van der Waals surface area contributed by atoms with E-state index >= 15 is 0 Å². The van der Waals surface area contributed by atoms with E-state index in [9.17, 15) is 8.78 Å². The Morgan fingerprint density at radius 3 is 2.71 bits per heavy atom. The number of halogens is 2. The van der Waals surface area contributed by atoms with Gasteiger partial charge in [0.1, 0.15) is 11.6 Å². The van der Waals surface area contributed by atoms with E-state index in [2.05, 4.69) is 6.58 Å². The first-order valence-corrected chi connectivity index (χ1v) is 4.40. The van der Waals surface area contributed by atoms with E-state index < -0.39 is 11.6 Å². The lowest BCUT2D eigenvalue weighted by molar-refractivity contribution is 0.455. The van der Waals surface area contributed by atoms with Crippen molar-refractivity contribution in [2.45, 2.75) is 6.42 Å². The van der Waals surface area contributed by atoms with E-state index in [1.165, 1.54) is 12.1 Å². The number of hydrogen-bond donors (Lipinski definition) is 0. The Kier molecular flexibility index (Phi) is 3.63. The molecule has 1 aromatic carbocycles. The number of nitrogens with zero attached hydrogens (tertiary/aromatic N) is 1. The van der Waals surface area contributed by atoms with E-state index in [4.69, 9.17) is 0 Å². The van der Waals surface area contributed by atoms with Crippen molar-refractivity contribution in [3.63, 3.8) is 0 Å². The number of hydrogen-bond acceptors (Lipinski definition) is 1. The van der Waals surface area contributed by atoms with Crippen molar-refractivity contribution in [1.29, 1.82) is 0 Å². The van der Waals surface area contributed by atoms with Crippen LogP contribution in [0.15, 0.2) is 31.0 Å². The molecule has 1 rings (SSSR count). The van der Waals surface area contributed by atoms with Gasteiger partial charge < -0.3 is 4.90 Å². The van der Waals surface area contributed by atoms with Gasteiger partial charge in [0.05, 0.1) is 0 Å². The molecule has 0 aromatic heterocycles. The van der Waals surface area contributed by atoms with Crippen molar-refractivity contribution in [2.24, 2.45) is 0 Å². The zero-order valence-electron chi connectivity index (χ0n) is 8.13. The largest absolute Gasteiger partial charge is 0.381 e. The molecule has 0 atom stereocenters. The van der Waals surface area contributed by atoms with Crippen LogP contribution in [-0.4, -0.2) is 18.5 Å². The second-order valence-corrected chi connectivity index (χ2v) is 3.15. The monoisotopic (exact) mass is 197 g/mol. The highest BCUT2D eigenvalue weighted by Crippen LogP contribution is 2.10. The highest BCUT2D eigenvalue weighted by Gasteiger charge is 2.03. The Labute approximate surface area is 82.7 Å². The minimum absolute atomic E-state index is 0.484. The second-order valence-electron chi connectivity index (χ2n) is 3.15. The SMILES string of the molecule is C=CN(C)CCc1ccc(F)cc1F. The average Bonchev–Trinajstić information content (AvgIpc) is 2.16. The molecule has 0 amide bonds. The van der Waals surface area contributed by atoms with Gasteiger partial charge in [0.2, 0.25) is 0 Å². The van der Waals surface area contributed by atoms with E-state index in [-0.39, 0.29) is 0 Å². The maximum atomic E-state index is 13.1. The van der Waals surface area contributed by atoms with Crippen molar-refractivity contribution in [2.75, 3.05) is 13.6 Å². The minimum Gasteiger partial charge on any atom is -0.381 e. The molecule has 14 heavy (non-hydrogen) atoms. The first kappa shape index (κ1) is 10.7. The van der Waals surface area contributed by atoms with Crippen molar-refractivity contribution in [3.8, 4) is 0 Å². The Hall–Kier alpha value is -1.38. The molecule has 3 heteroatoms. The van der Waals surface area contributed by atoms with Gasteiger partial charge in [0, 0.05) is 19.7 Å². The molecule has 0 radical (unpaired) electrons. The van der Waals surface area contributed by atoms with Gasteiger partial charge in [-0.15, -0.1) is 0 Å². The van der Waals surface area contributed by atoms with Crippen molar-refractivity contribution in [1.82, 2.24) is 4.90 Å². The zero-order valence-corrected chi connectivity index (χ0v) is 8.13. The van der Waals surface area contributed by atoms with Crippen LogP contribution in [0.3, 0.4) is 0 Å². The highest BCUT2D eigenvalue weighted by atomic mass is 19.1. The maximum Gasteiger partial charge on any atom is 0.129 e. The third-order valence-electron chi connectivity index (χ3n) is 2.06. The Bertz CT molecular complexity index is 323. The fourth-order valence-corrected chi connectivity index (χ4v) is 1.11. The van der Waals surface area contributed by atoms with Crippen LogP contribution >= 0.6 is 0 Å².